The molecule has 2 aromatic rings. The summed E-state index contributed by atoms with van der Waals surface area (Å²) in [6.45, 7) is 1.98. The number of carbonyl (C=O) groups excluding carboxylic acids is 2. The molecule has 22 heavy (non-hydrogen) atoms. The molecule has 0 aliphatic carbocycles. The van der Waals surface area contributed by atoms with E-state index in [0.717, 1.165) is 0 Å². The van der Waals surface area contributed by atoms with Crippen molar-refractivity contribution in [1.29, 1.82) is 0 Å². The van der Waals surface area contributed by atoms with Gasteiger partial charge in [0.1, 0.15) is 0 Å². The fraction of sp³-hybridized carbons (Fsp3) is 0.158. The van der Waals surface area contributed by atoms with Crippen LogP contribution in [0.5, 0.6) is 0 Å². The minimum absolute atomic E-state index is 0.0349. The van der Waals surface area contributed by atoms with Crippen molar-refractivity contribution in [2.75, 3.05) is 6.54 Å². The van der Waals surface area contributed by atoms with Gasteiger partial charge in [0.2, 0.25) is 5.91 Å². The monoisotopic (exact) mass is 291 g/mol. The topological polar surface area (TPSA) is 46.2 Å². The molecule has 0 spiro atoms. The smallest absolute Gasteiger partial charge is 0.216 e. The van der Waals surface area contributed by atoms with Crippen LogP contribution < -0.4 is 5.32 Å². The van der Waals surface area contributed by atoms with Crippen LogP contribution in [0.4, 0.5) is 0 Å². The zero-order chi connectivity index (χ0) is 15.8. The number of nitrogens with one attached hydrogen (secondary N) is 1. The van der Waals surface area contributed by atoms with E-state index in [2.05, 4.69) is 17.2 Å². The molecule has 0 aliphatic rings. The fourth-order valence-electron chi connectivity index (χ4n) is 1.99. The highest BCUT2D eigenvalue weighted by molar-refractivity contribution is 6.10. The molecule has 3 heteroatoms. The first-order chi connectivity index (χ1) is 10.7. The highest BCUT2D eigenvalue weighted by atomic mass is 16.1. The summed E-state index contributed by atoms with van der Waals surface area (Å²) in [6, 6.07) is 16.5. The Hall–Kier alpha value is -2.86. The van der Waals surface area contributed by atoms with E-state index in [1.54, 1.807) is 18.2 Å². The second-order valence-electron chi connectivity index (χ2n) is 4.78. The lowest BCUT2D eigenvalue weighted by molar-refractivity contribution is -0.118. The molecule has 0 bridgehead atoms. The highest BCUT2D eigenvalue weighted by Gasteiger charge is 2.11. The van der Waals surface area contributed by atoms with Gasteiger partial charge in [0.05, 0.1) is 0 Å². The predicted octanol–water partition coefficient (Wildman–Crippen LogP) is 2.80. The van der Waals surface area contributed by atoms with Gasteiger partial charge in [0.15, 0.2) is 5.78 Å². The molecule has 0 unspecified atom stereocenters. The molecule has 1 N–H and O–H groups in total. The first kappa shape index (κ1) is 15.5. The van der Waals surface area contributed by atoms with Crippen molar-refractivity contribution < 1.29 is 9.59 Å². The molecule has 0 aromatic heterocycles. The molecular weight excluding hydrogens is 274 g/mol. The van der Waals surface area contributed by atoms with Gasteiger partial charge in [-0.2, -0.15) is 0 Å². The first-order valence-electron chi connectivity index (χ1n) is 7.10. The lowest BCUT2D eigenvalue weighted by Crippen LogP contribution is -2.20. The van der Waals surface area contributed by atoms with Gasteiger partial charge in [-0.15, -0.1) is 0 Å². The molecule has 1 amide bonds. The number of benzene rings is 2. The Kier molecular flexibility index (Phi) is 5.50. The third-order valence-electron chi connectivity index (χ3n) is 3.05. The fourth-order valence-corrected chi connectivity index (χ4v) is 1.99. The number of carbonyl (C=O) groups is 2. The van der Waals surface area contributed by atoms with Crippen LogP contribution in [-0.4, -0.2) is 18.2 Å². The standard InChI is InChI=1S/C19H17NO2/c1-15(21)20-14-8-7-10-16-9-5-6-13-18(16)19(22)17-11-3-2-4-12-17/h2-6,9,11-13H,8,14H2,1H3,(H,20,21). The van der Waals surface area contributed by atoms with Crippen LogP contribution in [-0.2, 0) is 4.79 Å². The van der Waals surface area contributed by atoms with E-state index in [1.165, 1.54) is 6.92 Å². The molecule has 0 heterocycles. The van der Waals surface area contributed by atoms with E-state index >= 15 is 0 Å². The summed E-state index contributed by atoms with van der Waals surface area (Å²) in [4.78, 5) is 23.3. The van der Waals surface area contributed by atoms with Crippen LogP contribution >= 0.6 is 0 Å². The van der Waals surface area contributed by atoms with Gasteiger partial charge in [-0.05, 0) is 12.1 Å². The molecule has 0 radical (unpaired) electrons. The third kappa shape index (κ3) is 4.32. The van der Waals surface area contributed by atoms with Crippen molar-refractivity contribution in [3.63, 3.8) is 0 Å². The van der Waals surface area contributed by atoms with E-state index in [9.17, 15) is 9.59 Å². The van der Waals surface area contributed by atoms with Crippen molar-refractivity contribution in [1.82, 2.24) is 5.32 Å². The van der Waals surface area contributed by atoms with Gasteiger partial charge in [0, 0.05) is 36.6 Å². The van der Waals surface area contributed by atoms with E-state index in [4.69, 9.17) is 0 Å². The molecule has 110 valence electrons. The lowest BCUT2D eigenvalue weighted by Gasteiger charge is -2.03. The van der Waals surface area contributed by atoms with Gasteiger partial charge in [0.25, 0.3) is 0 Å². The number of rotatable bonds is 4. The molecule has 0 atom stereocenters. The van der Waals surface area contributed by atoms with Crippen LogP contribution in [0.3, 0.4) is 0 Å². The maximum Gasteiger partial charge on any atom is 0.216 e. The number of ketones is 1. The second-order valence-corrected chi connectivity index (χ2v) is 4.78. The van der Waals surface area contributed by atoms with Crippen molar-refractivity contribution >= 4 is 11.7 Å². The zero-order valence-electron chi connectivity index (χ0n) is 12.4. The number of hydrogen-bond donors (Lipinski definition) is 1. The Morgan fingerprint density at radius 1 is 1.00 bits per heavy atom. The maximum atomic E-state index is 12.5. The quantitative estimate of drug-likeness (QED) is 0.535. The minimum Gasteiger partial charge on any atom is -0.355 e. The van der Waals surface area contributed by atoms with Gasteiger partial charge < -0.3 is 5.32 Å². The molecule has 0 fully saturated rings. The summed E-state index contributed by atoms with van der Waals surface area (Å²) in [5, 5.41) is 2.69. The Bertz CT molecular complexity index is 724. The van der Waals surface area contributed by atoms with Gasteiger partial charge in [-0.1, -0.05) is 54.3 Å². The Morgan fingerprint density at radius 2 is 1.68 bits per heavy atom. The summed E-state index contributed by atoms with van der Waals surface area (Å²) >= 11 is 0. The molecule has 3 nitrogen and oxygen atoms in total. The van der Waals surface area contributed by atoms with Crippen LogP contribution in [0.15, 0.2) is 54.6 Å². The predicted molar refractivity (Wildman–Crippen MR) is 86.5 cm³/mol. The van der Waals surface area contributed by atoms with Gasteiger partial charge in [-0.25, -0.2) is 0 Å². The summed E-state index contributed by atoms with van der Waals surface area (Å²) < 4.78 is 0. The van der Waals surface area contributed by atoms with E-state index in [0.29, 0.717) is 29.7 Å². The van der Waals surface area contributed by atoms with E-state index in [1.807, 2.05) is 36.4 Å². The summed E-state index contributed by atoms with van der Waals surface area (Å²) in [5.74, 6) is 5.90. The maximum absolute atomic E-state index is 12.5. The molecule has 2 rings (SSSR count). The SMILES string of the molecule is CC(=O)NCCC#Cc1ccccc1C(=O)c1ccccc1. The van der Waals surface area contributed by atoms with Crippen molar-refractivity contribution in [3.05, 3.63) is 71.3 Å². The molecule has 0 saturated carbocycles. The van der Waals surface area contributed by atoms with Crippen molar-refractivity contribution in [2.24, 2.45) is 0 Å². The van der Waals surface area contributed by atoms with Crippen LogP contribution in [0, 0.1) is 11.8 Å². The first-order valence-corrected chi connectivity index (χ1v) is 7.10. The molecule has 0 aliphatic heterocycles. The van der Waals surface area contributed by atoms with Crippen molar-refractivity contribution in [3.8, 4) is 11.8 Å². The Morgan fingerprint density at radius 3 is 2.41 bits per heavy atom. The van der Waals surface area contributed by atoms with Crippen LogP contribution in [0.2, 0.25) is 0 Å². The average Bonchev–Trinajstić information content (AvgIpc) is 2.55. The minimum atomic E-state index is -0.0681. The summed E-state index contributed by atoms with van der Waals surface area (Å²) in [7, 11) is 0. The molecule has 2 aromatic carbocycles. The number of hydrogen-bond acceptors (Lipinski definition) is 2. The molecule has 0 saturated heterocycles. The van der Waals surface area contributed by atoms with E-state index < -0.39 is 0 Å². The third-order valence-corrected chi connectivity index (χ3v) is 3.05. The zero-order valence-corrected chi connectivity index (χ0v) is 12.4. The van der Waals surface area contributed by atoms with Gasteiger partial charge >= 0.3 is 0 Å². The Labute approximate surface area is 130 Å². The summed E-state index contributed by atoms with van der Waals surface area (Å²) in [6.07, 6.45) is 0.549. The Balaban J connectivity index is 2.15. The highest BCUT2D eigenvalue weighted by Crippen LogP contribution is 2.13. The van der Waals surface area contributed by atoms with Gasteiger partial charge in [-0.3, -0.25) is 9.59 Å². The largest absolute Gasteiger partial charge is 0.355 e. The second kappa shape index (κ2) is 7.80. The van der Waals surface area contributed by atoms with Crippen molar-refractivity contribution in [2.45, 2.75) is 13.3 Å². The average molecular weight is 291 g/mol. The van der Waals surface area contributed by atoms with Crippen LogP contribution in [0.1, 0.15) is 34.8 Å². The lowest BCUT2D eigenvalue weighted by atomic mass is 9.98. The normalized spacial score (nSPS) is 9.50. The summed E-state index contributed by atoms with van der Waals surface area (Å²) in [5.41, 5.74) is 1.95. The number of amides is 1. The van der Waals surface area contributed by atoms with E-state index in [-0.39, 0.29) is 11.7 Å². The molecular formula is C19H17NO2. The van der Waals surface area contributed by atoms with Crippen LogP contribution in [0.25, 0.3) is 0 Å².